The Morgan fingerprint density at radius 2 is 1.68 bits per heavy atom. The van der Waals surface area contributed by atoms with E-state index in [1.54, 1.807) is 26.0 Å². The number of carboxylic acids is 3. The fraction of sp³-hybridized carbons (Fsp3) is 0.667. The predicted molar refractivity (Wildman–Crippen MR) is 175 cm³/mol. The van der Waals surface area contributed by atoms with Crippen molar-refractivity contribution in [2.45, 2.75) is 141 Å². The van der Waals surface area contributed by atoms with E-state index in [2.05, 4.69) is 6.92 Å². The smallest absolute Gasteiger partial charge is 0.328 e. The fourth-order valence-electron chi connectivity index (χ4n) is 6.15. The lowest BCUT2D eigenvalue weighted by Gasteiger charge is -2.54. The number of unbranched alkanes of at least 4 members (excludes halogenated alkanes) is 1. The monoisotopic (exact) mass is 662 g/mol. The second kappa shape index (κ2) is 18.9. The third-order valence-electron chi connectivity index (χ3n) is 9.15. The zero-order valence-corrected chi connectivity index (χ0v) is 28.5. The summed E-state index contributed by atoms with van der Waals surface area (Å²) >= 11 is 0. The molecule has 7 unspecified atom stereocenters. The van der Waals surface area contributed by atoms with Gasteiger partial charge in [-0.1, -0.05) is 62.6 Å². The average Bonchev–Trinajstić information content (AvgIpc) is 3.01. The highest BCUT2D eigenvalue weighted by molar-refractivity contribution is 5.80. The van der Waals surface area contributed by atoms with Gasteiger partial charge in [0.1, 0.15) is 11.7 Å². The topological polar surface area (TPSA) is 177 Å². The van der Waals surface area contributed by atoms with Crippen molar-refractivity contribution in [3.8, 4) is 0 Å². The van der Waals surface area contributed by atoms with Gasteiger partial charge in [-0.05, 0) is 64.7 Å². The van der Waals surface area contributed by atoms with Crippen molar-refractivity contribution in [1.82, 2.24) is 0 Å². The van der Waals surface area contributed by atoms with E-state index in [0.717, 1.165) is 37.0 Å². The highest BCUT2D eigenvalue weighted by Gasteiger charge is 2.54. The molecule has 0 aliphatic carbocycles. The lowest BCUT2D eigenvalue weighted by atomic mass is 9.77. The SMILES string of the molecule is CCCCC1(OC(=O)CCC(=O)O)CCC2(CCC(C)C(C/C=C(C)/C=C/C(O)C(C)/C=C/C(=O)O)O2)OC1CC/C(C)=C/C(=O)O. The zero-order chi connectivity index (χ0) is 35.2. The first-order chi connectivity index (χ1) is 22.1. The van der Waals surface area contributed by atoms with Gasteiger partial charge in [-0.2, -0.15) is 0 Å². The number of carboxylic acid groups (broad SMARTS) is 3. The number of aliphatic hydroxyl groups excluding tert-OH is 1. The molecule has 0 bridgehead atoms. The van der Waals surface area contributed by atoms with E-state index in [1.807, 2.05) is 19.9 Å². The largest absolute Gasteiger partial charge is 0.481 e. The first-order valence-corrected chi connectivity index (χ1v) is 16.7. The fourth-order valence-corrected chi connectivity index (χ4v) is 6.15. The van der Waals surface area contributed by atoms with Gasteiger partial charge in [0.25, 0.3) is 0 Å². The van der Waals surface area contributed by atoms with Crippen LogP contribution in [0.5, 0.6) is 0 Å². The van der Waals surface area contributed by atoms with Crippen LogP contribution in [0.3, 0.4) is 0 Å². The Morgan fingerprint density at radius 3 is 2.32 bits per heavy atom. The van der Waals surface area contributed by atoms with Crippen LogP contribution in [0, 0.1) is 11.8 Å². The standard InChI is InChI=1S/C36H54O11/c1-6-7-19-35(47-34(44)17-16-32(40)41)21-22-36(46-30(35)14-10-25(3)23-33(42)43)20-18-27(5)29(45-36)13-9-24(2)8-12-28(37)26(4)11-15-31(38)39/h8-9,11-12,15,23,26-30,37H,6-7,10,13-14,16-22H2,1-5H3,(H,38,39)(H,40,41)(H,42,43)/b12-8+,15-11+,24-9+,25-23+. The van der Waals surface area contributed by atoms with Crippen molar-refractivity contribution >= 4 is 23.9 Å². The van der Waals surface area contributed by atoms with Crippen molar-refractivity contribution < 1.29 is 53.8 Å². The highest BCUT2D eigenvalue weighted by Crippen LogP contribution is 2.48. The molecule has 0 aromatic rings. The summed E-state index contributed by atoms with van der Waals surface area (Å²) in [6.45, 7) is 9.57. The summed E-state index contributed by atoms with van der Waals surface area (Å²) in [5, 5.41) is 37.5. The number of hydrogen-bond donors (Lipinski definition) is 4. The number of carbonyl (C=O) groups excluding carboxylic acids is 1. The first-order valence-electron chi connectivity index (χ1n) is 16.7. The van der Waals surface area contributed by atoms with Gasteiger partial charge < -0.3 is 34.6 Å². The van der Waals surface area contributed by atoms with E-state index in [4.69, 9.17) is 24.4 Å². The van der Waals surface area contributed by atoms with Crippen molar-refractivity contribution in [2.75, 3.05) is 0 Å². The molecule has 7 atom stereocenters. The normalized spacial score (nSPS) is 28.4. The second-order valence-electron chi connectivity index (χ2n) is 13.2. The molecule has 2 aliphatic heterocycles. The minimum atomic E-state index is -1.08. The number of esters is 1. The van der Waals surface area contributed by atoms with Gasteiger partial charge in [-0.25, -0.2) is 9.59 Å². The molecule has 0 aromatic carbocycles. The minimum absolute atomic E-state index is 0.162. The summed E-state index contributed by atoms with van der Waals surface area (Å²) < 4.78 is 19.7. The maximum Gasteiger partial charge on any atom is 0.328 e. The van der Waals surface area contributed by atoms with Gasteiger partial charge in [0, 0.05) is 30.9 Å². The van der Waals surface area contributed by atoms with Gasteiger partial charge in [0.2, 0.25) is 0 Å². The van der Waals surface area contributed by atoms with Gasteiger partial charge >= 0.3 is 23.9 Å². The molecule has 47 heavy (non-hydrogen) atoms. The quantitative estimate of drug-likeness (QED) is 0.0730. The molecule has 1 spiro atoms. The summed E-state index contributed by atoms with van der Waals surface area (Å²) in [7, 11) is 0. The second-order valence-corrected chi connectivity index (χ2v) is 13.2. The Balaban J connectivity index is 2.27. The van der Waals surface area contributed by atoms with E-state index in [1.165, 1.54) is 6.08 Å². The van der Waals surface area contributed by atoms with Crippen LogP contribution in [0.25, 0.3) is 0 Å². The van der Waals surface area contributed by atoms with Crippen LogP contribution in [0.4, 0.5) is 0 Å². The molecule has 264 valence electrons. The van der Waals surface area contributed by atoms with E-state index in [-0.39, 0.29) is 30.8 Å². The molecule has 0 amide bonds. The average molecular weight is 663 g/mol. The number of aliphatic hydroxyl groups is 1. The van der Waals surface area contributed by atoms with Gasteiger partial charge in [-0.3, -0.25) is 9.59 Å². The number of hydrogen-bond acceptors (Lipinski definition) is 8. The molecule has 11 heteroatoms. The number of ether oxygens (including phenoxy) is 3. The molecule has 0 saturated carbocycles. The molecule has 2 saturated heterocycles. The van der Waals surface area contributed by atoms with Gasteiger partial charge in [-0.15, -0.1) is 0 Å². The molecule has 11 nitrogen and oxygen atoms in total. The lowest BCUT2D eigenvalue weighted by molar-refractivity contribution is -0.353. The Kier molecular flexibility index (Phi) is 16.0. The summed E-state index contributed by atoms with van der Waals surface area (Å²) in [5.41, 5.74) is 0.592. The molecule has 4 N–H and O–H groups in total. The van der Waals surface area contributed by atoms with Crippen molar-refractivity contribution in [1.29, 1.82) is 0 Å². The molecular weight excluding hydrogens is 608 g/mol. The van der Waals surface area contributed by atoms with E-state index < -0.39 is 47.5 Å². The molecule has 2 heterocycles. The number of aliphatic carboxylic acids is 3. The highest BCUT2D eigenvalue weighted by atomic mass is 16.7. The van der Waals surface area contributed by atoms with Crippen molar-refractivity contribution in [3.05, 3.63) is 47.6 Å². The van der Waals surface area contributed by atoms with E-state index in [9.17, 15) is 29.4 Å². The van der Waals surface area contributed by atoms with E-state index >= 15 is 0 Å². The third-order valence-corrected chi connectivity index (χ3v) is 9.15. The predicted octanol–water partition coefficient (Wildman–Crippen LogP) is 6.36. The van der Waals surface area contributed by atoms with E-state index in [0.29, 0.717) is 50.5 Å². The van der Waals surface area contributed by atoms with Crippen LogP contribution in [0.2, 0.25) is 0 Å². The maximum atomic E-state index is 12.9. The number of carbonyl (C=O) groups is 4. The lowest BCUT2D eigenvalue weighted by Crippen LogP contribution is -2.60. The molecular formula is C36H54O11. The Hall–Kier alpha value is -3.28. The van der Waals surface area contributed by atoms with Crippen LogP contribution < -0.4 is 0 Å². The third kappa shape index (κ3) is 13.4. The summed E-state index contributed by atoms with van der Waals surface area (Å²) in [5.74, 6) is -4.80. The molecule has 2 fully saturated rings. The summed E-state index contributed by atoms with van der Waals surface area (Å²) in [6.07, 6.45) is 13.0. The molecule has 0 radical (unpaired) electrons. The summed E-state index contributed by atoms with van der Waals surface area (Å²) in [6, 6.07) is 0. The van der Waals surface area contributed by atoms with Crippen LogP contribution in [0.15, 0.2) is 47.6 Å². The van der Waals surface area contributed by atoms with Crippen LogP contribution in [-0.2, 0) is 33.4 Å². The van der Waals surface area contributed by atoms with Crippen LogP contribution in [-0.4, -0.2) is 74.0 Å². The first kappa shape index (κ1) is 39.9. The van der Waals surface area contributed by atoms with Crippen molar-refractivity contribution in [3.63, 3.8) is 0 Å². The Bertz CT molecular complexity index is 1200. The molecule has 0 aromatic heterocycles. The number of rotatable bonds is 18. The zero-order valence-electron chi connectivity index (χ0n) is 28.5. The Labute approximate surface area is 278 Å². The molecule has 2 rings (SSSR count). The van der Waals surface area contributed by atoms with Gasteiger partial charge in [0.05, 0.1) is 25.0 Å². The summed E-state index contributed by atoms with van der Waals surface area (Å²) in [4.78, 5) is 46.1. The minimum Gasteiger partial charge on any atom is -0.481 e. The van der Waals surface area contributed by atoms with Crippen molar-refractivity contribution in [2.24, 2.45) is 11.8 Å². The van der Waals surface area contributed by atoms with Crippen LogP contribution in [0.1, 0.15) is 112 Å². The van der Waals surface area contributed by atoms with Gasteiger partial charge in [0.15, 0.2) is 5.79 Å². The molecule has 2 aliphatic rings. The van der Waals surface area contributed by atoms with Crippen LogP contribution >= 0.6 is 0 Å². The maximum absolute atomic E-state index is 12.9. The Morgan fingerprint density at radius 1 is 0.957 bits per heavy atom. The number of allylic oxidation sites excluding steroid dienone is 3.